The van der Waals surface area contributed by atoms with Gasteiger partial charge in [0, 0.05) is 18.8 Å². The summed E-state index contributed by atoms with van der Waals surface area (Å²) in [6, 6.07) is 12.6. The summed E-state index contributed by atoms with van der Waals surface area (Å²) in [5, 5.41) is 8.68. The molecular formula is C34H53N3O3. The molecule has 6 heteroatoms. The number of anilines is 1. The van der Waals surface area contributed by atoms with E-state index in [4.69, 9.17) is 4.74 Å². The molecule has 0 spiro atoms. The zero-order valence-corrected chi connectivity index (χ0v) is 27.0. The fraction of sp³-hybridized carbons (Fsp3) is 0.588. The van der Waals surface area contributed by atoms with Gasteiger partial charge in [-0.2, -0.15) is 0 Å². The largest absolute Gasteiger partial charge is 0.449 e. The highest BCUT2D eigenvalue weighted by Gasteiger charge is 2.22. The van der Waals surface area contributed by atoms with E-state index >= 15 is 0 Å². The molecule has 0 bridgehead atoms. The fourth-order valence-electron chi connectivity index (χ4n) is 4.06. The summed E-state index contributed by atoms with van der Waals surface area (Å²) in [7, 11) is 0. The van der Waals surface area contributed by atoms with Crippen LogP contribution < -0.4 is 16.0 Å². The van der Waals surface area contributed by atoms with Gasteiger partial charge in [0.15, 0.2) is 0 Å². The number of benzene rings is 2. The Morgan fingerprint density at radius 2 is 1.05 bits per heavy atom. The first kappa shape index (κ1) is 33.2. The van der Waals surface area contributed by atoms with Gasteiger partial charge >= 0.3 is 12.1 Å². The van der Waals surface area contributed by atoms with Crippen molar-refractivity contribution in [3.05, 3.63) is 64.2 Å². The highest BCUT2D eigenvalue weighted by atomic mass is 16.5. The highest BCUT2D eigenvalue weighted by Crippen LogP contribution is 2.32. The number of urea groups is 1. The molecule has 3 amide bonds. The molecule has 0 aliphatic carbocycles. The predicted octanol–water partition coefficient (Wildman–Crippen LogP) is 8.31. The van der Waals surface area contributed by atoms with Crippen molar-refractivity contribution >= 4 is 17.8 Å². The number of ether oxygens (including phenoxy) is 1. The zero-order valence-electron chi connectivity index (χ0n) is 27.0. The molecule has 2 aromatic carbocycles. The standard InChI is InChI=1S/C34H53N3O3/c1-31(2,3)24-16-23(17-25(18-24)32(4,5)6)22-36-29(38)35-14-13-15-40-30(39)37-28-20-26(33(7,8)9)19-27(21-28)34(10,11)12/h16-21H,13-15,22H2,1-12H3,(H,37,39)(H2,35,36,38). The van der Waals surface area contributed by atoms with Gasteiger partial charge in [0.05, 0.1) is 6.61 Å². The van der Waals surface area contributed by atoms with Crippen LogP contribution in [-0.4, -0.2) is 25.3 Å². The van der Waals surface area contributed by atoms with Crippen molar-refractivity contribution in [3.63, 3.8) is 0 Å². The second-order valence-corrected chi connectivity index (χ2v) is 14.9. The molecule has 0 unspecified atom stereocenters. The Labute approximate surface area is 243 Å². The van der Waals surface area contributed by atoms with Crippen molar-refractivity contribution < 1.29 is 14.3 Å². The van der Waals surface area contributed by atoms with Gasteiger partial charge in [-0.3, -0.25) is 5.32 Å². The van der Waals surface area contributed by atoms with Gasteiger partial charge in [-0.05, 0) is 68.0 Å². The lowest BCUT2D eigenvalue weighted by atomic mass is 9.79. The fourth-order valence-corrected chi connectivity index (χ4v) is 4.06. The third-order valence-corrected chi connectivity index (χ3v) is 6.93. The van der Waals surface area contributed by atoms with Gasteiger partial charge < -0.3 is 15.4 Å². The molecule has 0 atom stereocenters. The average molecular weight is 552 g/mol. The second kappa shape index (κ2) is 12.7. The second-order valence-electron chi connectivity index (χ2n) is 14.9. The molecule has 0 aliphatic rings. The molecule has 0 saturated heterocycles. The average Bonchev–Trinajstić information content (AvgIpc) is 2.80. The maximum atomic E-state index is 12.5. The van der Waals surface area contributed by atoms with Crippen LogP contribution in [0.4, 0.5) is 15.3 Å². The molecule has 6 nitrogen and oxygen atoms in total. The minimum absolute atomic E-state index is 0.0227. The van der Waals surface area contributed by atoms with Crippen molar-refractivity contribution in [3.8, 4) is 0 Å². The normalized spacial score (nSPS) is 12.6. The summed E-state index contributed by atoms with van der Waals surface area (Å²) < 4.78 is 5.38. The molecule has 0 aliphatic heterocycles. The van der Waals surface area contributed by atoms with Crippen LogP contribution in [0.25, 0.3) is 0 Å². The molecule has 40 heavy (non-hydrogen) atoms. The van der Waals surface area contributed by atoms with E-state index < -0.39 is 6.09 Å². The Kier molecular flexibility index (Phi) is 10.5. The number of carbonyl (C=O) groups is 2. The Bertz CT molecular complexity index is 1110. The van der Waals surface area contributed by atoms with Gasteiger partial charge in [-0.1, -0.05) is 107 Å². The van der Waals surface area contributed by atoms with Crippen LogP contribution in [0.3, 0.4) is 0 Å². The molecule has 0 aromatic heterocycles. The van der Waals surface area contributed by atoms with Gasteiger partial charge in [0.1, 0.15) is 0 Å². The molecule has 2 rings (SSSR count). The summed E-state index contributed by atoms with van der Waals surface area (Å²) in [5.74, 6) is 0. The quantitative estimate of drug-likeness (QED) is 0.303. The van der Waals surface area contributed by atoms with E-state index in [2.05, 4.69) is 123 Å². The maximum absolute atomic E-state index is 12.5. The lowest BCUT2D eigenvalue weighted by molar-refractivity contribution is 0.160. The third-order valence-electron chi connectivity index (χ3n) is 6.93. The summed E-state index contributed by atoms with van der Waals surface area (Å²) >= 11 is 0. The lowest BCUT2D eigenvalue weighted by Crippen LogP contribution is -2.36. The minimum Gasteiger partial charge on any atom is -0.449 e. The molecular weight excluding hydrogens is 498 g/mol. The lowest BCUT2D eigenvalue weighted by Gasteiger charge is -2.26. The van der Waals surface area contributed by atoms with E-state index in [1.807, 2.05) is 12.1 Å². The zero-order chi connectivity index (χ0) is 30.5. The van der Waals surface area contributed by atoms with E-state index in [1.165, 1.54) is 11.1 Å². The molecule has 0 heterocycles. The van der Waals surface area contributed by atoms with Crippen LogP contribution in [-0.2, 0) is 32.9 Å². The number of amides is 3. The monoisotopic (exact) mass is 551 g/mol. The Morgan fingerprint density at radius 3 is 1.48 bits per heavy atom. The summed E-state index contributed by atoms with van der Waals surface area (Å²) in [6.45, 7) is 27.2. The van der Waals surface area contributed by atoms with Crippen molar-refractivity contribution in [1.29, 1.82) is 0 Å². The van der Waals surface area contributed by atoms with Crippen LogP contribution in [0.5, 0.6) is 0 Å². The molecule has 0 radical (unpaired) electrons. The Hall–Kier alpha value is -3.02. The highest BCUT2D eigenvalue weighted by molar-refractivity contribution is 5.85. The first-order chi connectivity index (χ1) is 18.2. The third kappa shape index (κ3) is 10.5. The van der Waals surface area contributed by atoms with Gasteiger partial charge in [-0.15, -0.1) is 0 Å². The molecule has 3 N–H and O–H groups in total. The SMILES string of the molecule is CC(C)(C)c1cc(CNC(=O)NCCCOC(=O)Nc2cc(C(C)(C)C)cc(C(C)(C)C)c2)cc(C(C)(C)C)c1. The number of hydrogen-bond acceptors (Lipinski definition) is 3. The van der Waals surface area contributed by atoms with E-state index in [0.29, 0.717) is 19.5 Å². The van der Waals surface area contributed by atoms with E-state index in [9.17, 15) is 9.59 Å². The number of carbonyl (C=O) groups excluding carboxylic acids is 2. The topological polar surface area (TPSA) is 79.5 Å². The minimum atomic E-state index is -0.497. The number of hydrogen-bond donors (Lipinski definition) is 3. The van der Waals surface area contributed by atoms with E-state index in [1.54, 1.807) is 0 Å². The summed E-state index contributed by atoms with van der Waals surface area (Å²) in [6.07, 6.45) is 0.0211. The molecule has 0 fully saturated rings. The van der Waals surface area contributed by atoms with Crippen molar-refractivity contribution in [2.24, 2.45) is 0 Å². The number of nitrogens with one attached hydrogen (secondary N) is 3. The van der Waals surface area contributed by atoms with Crippen LogP contribution >= 0.6 is 0 Å². The maximum Gasteiger partial charge on any atom is 0.411 e. The van der Waals surface area contributed by atoms with Crippen molar-refractivity contribution in [2.75, 3.05) is 18.5 Å². The smallest absolute Gasteiger partial charge is 0.411 e. The Morgan fingerprint density at radius 1 is 0.625 bits per heavy atom. The van der Waals surface area contributed by atoms with Gasteiger partial charge in [0.25, 0.3) is 0 Å². The van der Waals surface area contributed by atoms with Gasteiger partial charge in [-0.25, -0.2) is 9.59 Å². The van der Waals surface area contributed by atoms with Gasteiger partial charge in [0.2, 0.25) is 0 Å². The summed E-state index contributed by atoms with van der Waals surface area (Å²) in [4.78, 5) is 24.9. The number of rotatable bonds is 7. The van der Waals surface area contributed by atoms with Crippen LogP contribution in [0, 0.1) is 0 Å². The predicted molar refractivity (Wildman–Crippen MR) is 168 cm³/mol. The summed E-state index contributed by atoms with van der Waals surface area (Å²) in [5.41, 5.74) is 6.59. The van der Waals surface area contributed by atoms with Crippen LogP contribution in [0.1, 0.15) is 117 Å². The van der Waals surface area contributed by atoms with E-state index in [0.717, 1.165) is 22.4 Å². The first-order valence-corrected chi connectivity index (χ1v) is 14.4. The molecule has 0 saturated carbocycles. The Balaban J connectivity index is 1.84. The molecule has 2 aromatic rings. The van der Waals surface area contributed by atoms with Crippen LogP contribution in [0.2, 0.25) is 0 Å². The van der Waals surface area contributed by atoms with E-state index in [-0.39, 0.29) is 34.3 Å². The first-order valence-electron chi connectivity index (χ1n) is 14.4. The van der Waals surface area contributed by atoms with Crippen LogP contribution in [0.15, 0.2) is 36.4 Å². The molecule has 222 valence electrons. The van der Waals surface area contributed by atoms with Crippen molar-refractivity contribution in [2.45, 2.75) is 118 Å². The van der Waals surface area contributed by atoms with Crippen molar-refractivity contribution in [1.82, 2.24) is 10.6 Å².